The lowest BCUT2D eigenvalue weighted by molar-refractivity contribution is -0.384. The summed E-state index contributed by atoms with van der Waals surface area (Å²) in [5.41, 5.74) is 3.90. The molecule has 4 rings (SSSR count). The summed E-state index contributed by atoms with van der Waals surface area (Å²) in [6.07, 6.45) is 0. The van der Waals surface area contributed by atoms with Crippen LogP contribution in [0.4, 0.5) is 11.4 Å². The first-order chi connectivity index (χ1) is 14.0. The summed E-state index contributed by atoms with van der Waals surface area (Å²) in [4.78, 5) is 11.0. The van der Waals surface area contributed by atoms with E-state index in [2.05, 4.69) is 24.4 Å². The van der Waals surface area contributed by atoms with Crippen LogP contribution in [0.25, 0.3) is 0 Å². The molecular weight excluding hydrogens is 368 g/mol. The lowest BCUT2D eigenvalue weighted by atomic mass is 9.73. The number of nitro benzene ring substituents is 1. The number of anilines is 1. The Hall–Kier alpha value is -3.54. The number of methoxy groups -OCH3 is 1. The van der Waals surface area contributed by atoms with Gasteiger partial charge in [-0.25, -0.2) is 0 Å². The number of non-ortho nitro benzene ring substituents is 1. The third kappa shape index (κ3) is 3.38. The number of phenolic OH excluding ortho intramolecular Hbond substituents is 1. The van der Waals surface area contributed by atoms with Gasteiger partial charge < -0.3 is 15.2 Å². The molecule has 29 heavy (non-hydrogen) atoms. The summed E-state index contributed by atoms with van der Waals surface area (Å²) >= 11 is 0. The molecule has 3 atom stereocenters. The maximum absolute atomic E-state index is 11.4. The lowest BCUT2D eigenvalue weighted by Gasteiger charge is -2.39. The van der Waals surface area contributed by atoms with Gasteiger partial charge in [0.25, 0.3) is 5.69 Å². The molecule has 2 N–H and O–H groups in total. The van der Waals surface area contributed by atoms with Crippen LogP contribution >= 0.6 is 0 Å². The Labute approximate surface area is 168 Å². The molecule has 0 spiro atoms. The Bertz CT molecular complexity index is 1050. The zero-order valence-corrected chi connectivity index (χ0v) is 16.2. The number of fused-ring (bicyclic) bond motifs is 1. The summed E-state index contributed by atoms with van der Waals surface area (Å²) in [5.74, 6) is 0.445. The number of rotatable bonds is 4. The van der Waals surface area contributed by atoms with E-state index >= 15 is 0 Å². The van der Waals surface area contributed by atoms with Crippen molar-refractivity contribution in [2.45, 2.75) is 18.9 Å². The molecule has 1 aliphatic heterocycles. The molecule has 1 heterocycles. The molecule has 0 aromatic heterocycles. The first kappa shape index (κ1) is 18.8. The predicted molar refractivity (Wildman–Crippen MR) is 112 cm³/mol. The van der Waals surface area contributed by atoms with Gasteiger partial charge in [-0.15, -0.1) is 0 Å². The Morgan fingerprint density at radius 1 is 1.03 bits per heavy atom. The predicted octanol–water partition coefficient (Wildman–Crippen LogP) is 5.24. The fraction of sp³-hybridized carbons (Fsp3) is 0.217. The third-order valence-electron chi connectivity index (χ3n) is 5.67. The average Bonchev–Trinajstić information content (AvgIpc) is 2.74. The highest BCUT2D eigenvalue weighted by Gasteiger charge is 2.36. The maximum Gasteiger partial charge on any atom is 0.269 e. The molecule has 0 bridgehead atoms. The zero-order valence-electron chi connectivity index (χ0n) is 16.2. The number of hydrogen-bond donors (Lipinski definition) is 2. The molecule has 1 aliphatic rings. The van der Waals surface area contributed by atoms with Crippen LogP contribution in [0.15, 0.2) is 66.7 Å². The first-order valence-corrected chi connectivity index (χ1v) is 9.46. The molecule has 0 amide bonds. The van der Waals surface area contributed by atoms with Gasteiger partial charge in [0.15, 0.2) is 11.5 Å². The third-order valence-corrected chi connectivity index (χ3v) is 5.67. The minimum atomic E-state index is -0.372. The fourth-order valence-corrected chi connectivity index (χ4v) is 4.25. The van der Waals surface area contributed by atoms with Gasteiger partial charge in [0.05, 0.1) is 18.1 Å². The van der Waals surface area contributed by atoms with Crippen molar-refractivity contribution in [2.75, 3.05) is 12.4 Å². The van der Waals surface area contributed by atoms with Gasteiger partial charge in [0.2, 0.25) is 0 Å². The highest BCUT2D eigenvalue weighted by molar-refractivity contribution is 5.64. The Kier molecular flexibility index (Phi) is 4.84. The van der Waals surface area contributed by atoms with E-state index in [0.29, 0.717) is 5.75 Å². The van der Waals surface area contributed by atoms with Crippen molar-refractivity contribution in [3.05, 3.63) is 93.5 Å². The summed E-state index contributed by atoms with van der Waals surface area (Å²) < 4.78 is 5.30. The molecule has 148 valence electrons. The van der Waals surface area contributed by atoms with Gasteiger partial charge in [-0.05, 0) is 40.8 Å². The molecule has 6 heteroatoms. The van der Waals surface area contributed by atoms with Crippen LogP contribution < -0.4 is 10.1 Å². The number of nitrogens with one attached hydrogen (secondary N) is 1. The van der Waals surface area contributed by atoms with Crippen LogP contribution in [0, 0.1) is 16.0 Å². The highest BCUT2D eigenvalue weighted by Crippen LogP contribution is 2.49. The van der Waals surface area contributed by atoms with Crippen molar-refractivity contribution >= 4 is 11.4 Å². The van der Waals surface area contributed by atoms with Crippen molar-refractivity contribution in [1.29, 1.82) is 0 Å². The Morgan fingerprint density at radius 2 is 1.79 bits per heavy atom. The molecular formula is C23H22N2O4. The van der Waals surface area contributed by atoms with Gasteiger partial charge in [-0.1, -0.05) is 43.3 Å². The van der Waals surface area contributed by atoms with E-state index in [-0.39, 0.29) is 34.2 Å². The van der Waals surface area contributed by atoms with E-state index in [9.17, 15) is 15.2 Å². The summed E-state index contributed by atoms with van der Waals surface area (Å²) in [6, 6.07) is 20.4. The standard InChI is InChI=1S/C23H22N2O4/c1-14-22(16-8-11-20(26)21(12-16)29-2)18-13-17(25(27)28)9-10-19(18)24-23(14)15-6-4-3-5-7-15/h3-14,22-24,26H,1-2H3/t14-,22+,23-/m0/s1. The van der Waals surface area contributed by atoms with Crippen LogP contribution in [0.5, 0.6) is 11.5 Å². The smallest absolute Gasteiger partial charge is 0.269 e. The quantitative estimate of drug-likeness (QED) is 0.470. The minimum Gasteiger partial charge on any atom is -0.504 e. The van der Waals surface area contributed by atoms with Gasteiger partial charge >= 0.3 is 0 Å². The first-order valence-electron chi connectivity index (χ1n) is 9.46. The molecule has 6 nitrogen and oxygen atoms in total. The van der Waals surface area contributed by atoms with E-state index in [0.717, 1.165) is 22.4 Å². The van der Waals surface area contributed by atoms with E-state index < -0.39 is 0 Å². The number of ether oxygens (including phenoxy) is 1. The number of nitrogens with zero attached hydrogens (tertiary/aromatic N) is 1. The topological polar surface area (TPSA) is 84.6 Å². The van der Waals surface area contributed by atoms with E-state index in [1.165, 1.54) is 13.2 Å². The lowest BCUT2D eigenvalue weighted by Crippen LogP contribution is -2.30. The van der Waals surface area contributed by atoms with Crippen LogP contribution in [0.2, 0.25) is 0 Å². The zero-order chi connectivity index (χ0) is 20.5. The van der Waals surface area contributed by atoms with Crippen LogP contribution in [0.3, 0.4) is 0 Å². The van der Waals surface area contributed by atoms with Crippen LogP contribution in [-0.2, 0) is 0 Å². The molecule has 3 aromatic carbocycles. The van der Waals surface area contributed by atoms with Crippen molar-refractivity contribution in [3.8, 4) is 11.5 Å². The molecule has 3 aromatic rings. The fourth-order valence-electron chi connectivity index (χ4n) is 4.25. The molecule has 0 unspecified atom stereocenters. The summed E-state index contributed by atoms with van der Waals surface area (Å²) in [6.45, 7) is 2.14. The molecule has 0 saturated carbocycles. The average molecular weight is 390 g/mol. The van der Waals surface area contributed by atoms with Gasteiger partial charge in [0.1, 0.15) is 0 Å². The number of phenols is 1. The van der Waals surface area contributed by atoms with Gasteiger partial charge in [0, 0.05) is 23.7 Å². The van der Waals surface area contributed by atoms with Crippen molar-refractivity contribution < 1.29 is 14.8 Å². The summed E-state index contributed by atoms with van der Waals surface area (Å²) in [5, 5.41) is 25.0. The maximum atomic E-state index is 11.4. The van der Waals surface area contributed by atoms with E-state index in [1.54, 1.807) is 18.2 Å². The number of nitro groups is 1. The highest BCUT2D eigenvalue weighted by atomic mass is 16.6. The molecule has 0 saturated heterocycles. The monoisotopic (exact) mass is 390 g/mol. The Balaban J connectivity index is 1.88. The number of hydrogen-bond acceptors (Lipinski definition) is 5. The molecule has 0 fully saturated rings. The summed E-state index contributed by atoms with van der Waals surface area (Å²) in [7, 11) is 1.51. The second kappa shape index (κ2) is 7.47. The van der Waals surface area contributed by atoms with Crippen molar-refractivity contribution in [2.24, 2.45) is 5.92 Å². The van der Waals surface area contributed by atoms with Gasteiger partial charge in [-0.2, -0.15) is 0 Å². The van der Waals surface area contributed by atoms with Gasteiger partial charge in [-0.3, -0.25) is 10.1 Å². The minimum absolute atomic E-state index is 0.0370. The van der Waals surface area contributed by atoms with E-state index in [1.807, 2.05) is 30.3 Å². The van der Waals surface area contributed by atoms with Crippen LogP contribution in [-0.4, -0.2) is 17.1 Å². The number of aromatic hydroxyl groups is 1. The normalized spacial score (nSPS) is 20.4. The van der Waals surface area contributed by atoms with Crippen molar-refractivity contribution in [3.63, 3.8) is 0 Å². The molecule has 0 aliphatic carbocycles. The van der Waals surface area contributed by atoms with Crippen molar-refractivity contribution in [1.82, 2.24) is 0 Å². The SMILES string of the molecule is COc1cc([C@@H]2c3cc([N+](=O)[O-])ccc3N[C@H](c3ccccc3)[C@H]2C)ccc1O. The Morgan fingerprint density at radius 3 is 2.48 bits per heavy atom. The largest absolute Gasteiger partial charge is 0.504 e. The number of benzene rings is 3. The van der Waals surface area contributed by atoms with E-state index in [4.69, 9.17) is 4.74 Å². The second-order valence-corrected chi connectivity index (χ2v) is 7.33. The molecule has 0 radical (unpaired) electrons. The van der Waals surface area contributed by atoms with Crippen LogP contribution in [0.1, 0.15) is 35.6 Å². The second-order valence-electron chi connectivity index (χ2n) is 7.33.